The molecule has 3 heteroatoms. The van der Waals surface area contributed by atoms with E-state index in [1.807, 2.05) is 0 Å². The maximum atomic E-state index is 11.3. The molecule has 2 aliphatic rings. The molecule has 2 fully saturated rings. The molecule has 0 aromatic heterocycles. The predicted molar refractivity (Wildman–Crippen MR) is 63.3 cm³/mol. The number of carboxylic acids is 1. The number of hydrogen-bond acceptors (Lipinski definition) is 2. The van der Waals surface area contributed by atoms with Crippen molar-refractivity contribution in [1.29, 1.82) is 0 Å². The molecule has 2 unspecified atom stereocenters. The number of carboxylic acid groups (broad SMARTS) is 1. The first kappa shape index (κ1) is 11.9. The molecule has 0 amide bonds. The Morgan fingerprint density at radius 3 is 2.69 bits per heavy atom. The summed E-state index contributed by atoms with van der Waals surface area (Å²) in [6.45, 7) is 6.18. The number of rotatable bonds is 1. The second-order valence-corrected chi connectivity index (χ2v) is 6.40. The van der Waals surface area contributed by atoms with Crippen LogP contribution >= 0.6 is 0 Å². The summed E-state index contributed by atoms with van der Waals surface area (Å²) in [6.07, 6.45) is 5.74. The van der Waals surface area contributed by atoms with Crippen molar-refractivity contribution >= 4 is 5.97 Å². The van der Waals surface area contributed by atoms with Crippen LogP contribution in [-0.2, 0) is 4.79 Å². The standard InChI is InChI=1S/C13H23NO2/c1-12(2)4-3-5-13(7-6-12)9-14-8-10(13)11(15)16/h10,14H,3-9H2,1-2H3,(H,15,16). The molecule has 1 saturated heterocycles. The van der Waals surface area contributed by atoms with Crippen LogP contribution in [0.4, 0.5) is 0 Å². The van der Waals surface area contributed by atoms with Gasteiger partial charge in [0.15, 0.2) is 0 Å². The topological polar surface area (TPSA) is 49.3 Å². The Labute approximate surface area is 97.6 Å². The largest absolute Gasteiger partial charge is 0.481 e. The predicted octanol–water partition coefficient (Wildman–Crippen LogP) is 2.27. The maximum absolute atomic E-state index is 11.3. The average molecular weight is 225 g/mol. The number of hydrogen-bond donors (Lipinski definition) is 2. The lowest BCUT2D eigenvalue weighted by molar-refractivity contribution is -0.145. The van der Waals surface area contributed by atoms with Gasteiger partial charge in [0, 0.05) is 13.1 Å². The summed E-state index contributed by atoms with van der Waals surface area (Å²) in [5.41, 5.74) is 0.439. The smallest absolute Gasteiger partial charge is 0.308 e. The Morgan fingerprint density at radius 1 is 1.25 bits per heavy atom. The van der Waals surface area contributed by atoms with Gasteiger partial charge in [-0.25, -0.2) is 0 Å². The second-order valence-electron chi connectivity index (χ2n) is 6.40. The van der Waals surface area contributed by atoms with Crippen molar-refractivity contribution in [2.75, 3.05) is 13.1 Å². The molecular formula is C13H23NO2. The highest BCUT2D eigenvalue weighted by molar-refractivity contribution is 5.72. The first-order chi connectivity index (χ1) is 7.45. The molecule has 1 aliphatic heterocycles. The van der Waals surface area contributed by atoms with E-state index in [1.165, 1.54) is 19.3 Å². The van der Waals surface area contributed by atoms with Crippen molar-refractivity contribution in [1.82, 2.24) is 5.32 Å². The van der Waals surface area contributed by atoms with Gasteiger partial charge in [-0.15, -0.1) is 0 Å². The van der Waals surface area contributed by atoms with Crippen LogP contribution in [0.25, 0.3) is 0 Å². The summed E-state index contributed by atoms with van der Waals surface area (Å²) in [7, 11) is 0. The van der Waals surface area contributed by atoms with E-state index < -0.39 is 5.97 Å². The van der Waals surface area contributed by atoms with E-state index in [1.54, 1.807) is 0 Å². The van der Waals surface area contributed by atoms with Crippen LogP contribution in [0.1, 0.15) is 46.0 Å². The number of carbonyl (C=O) groups is 1. The summed E-state index contributed by atoms with van der Waals surface area (Å²) in [5, 5.41) is 12.6. The molecular weight excluding hydrogens is 202 g/mol. The Hall–Kier alpha value is -0.570. The quantitative estimate of drug-likeness (QED) is 0.719. The fourth-order valence-corrected chi connectivity index (χ4v) is 3.44. The van der Waals surface area contributed by atoms with Gasteiger partial charge < -0.3 is 10.4 Å². The van der Waals surface area contributed by atoms with E-state index in [2.05, 4.69) is 19.2 Å². The molecule has 0 bridgehead atoms. The molecule has 2 atom stereocenters. The highest BCUT2D eigenvalue weighted by Gasteiger charge is 2.48. The van der Waals surface area contributed by atoms with E-state index in [-0.39, 0.29) is 11.3 Å². The second kappa shape index (κ2) is 4.02. The SMILES string of the molecule is CC1(C)CCCC2(CC1)CNCC2C(=O)O. The lowest BCUT2D eigenvalue weighted by atomic mass is 9.71. The zero-order valence-electron chi connectivity index (χ0n) is 10.4. The van der Waals surface area contributed by atoms with Gasteiger partial charge in [0.1, 0.15) is 0 Å². The summed E-state index contributed by atoms with van der Waals surface area (Å²) in [5.74, 6) is -0.772. The fraction of sp³-hybridized carbons (Fsp3) is 0.923. The summed E-state index contributed by atoms with van der Waals surface area (Å²) in [4.78, 5) is 11.3. The van der Waals surface area contributed by atoms with E-state index >= 15 is 0 Å². The normalized spacial score (nSPS) is 38.5. The molecule has 92 valence electrons. The Balaban J connectivity index is 2.15. The minimum atomic E-state index is -0.607. The van der Waals surface area contributed by atoms with Gasteiger partial charge >= 0.3 is 5.97 Å². The average Bonchev–Trinajstić information content (AvgIpc) is 2.52. The first-order valence-electron chi connectivity index (χ1n) is 6.39. The Kier molecular flexibility index (Phi) is 2.99. The maximum Gasteiger partial charge on any atom is 0.308 e. The van der Waals surface area contributed by atoms with Crippen molar-refractivity contribution in [3.05, 3.63) is 0 Å². The third-order valence-electron chi connectivity index (χ3n) is 4.69. The van der Waals surface area contributed by atoms with E-state index in [9.17, 15) is 9.90 Å². The van der Waals surface area contributed by atoms with Gasteiger partial charge in [-0.2, -0.15) is 0 Å². The summed E-state index contributed by atoms with van der Waals surface area (Å²) < 4.78 is 0. The monoisotopic (exact) mass is 225 g/mol. The molecule has 1 heterocycles. The van der Waals surface area contributed by atoms with Crippen molar-refractivity contribution in [2.24, 2.45) is 16.7 Å². The molecule has 1 aliphatic carbocycles. The van der Waals surface area contributed by atoms with E-state index in [0.717, 1.165) is 19.4 Å². The fourth-order valence-electron chi connectivity index (χ4n) is 3.44. The number of aliphatic carboxylic acids is 1. The molecule has 0 aromatic rings. The van der Waals surface area contributed by atoms with Crippen molar-refractivity contribution < 1.29 is 9.90 Å². The van der Waals surface area contributed by atoms with Crippen molar-refractivity contribution in [3.8, 4) is 0 Å². The molecule has 1 spiro atoms. The van der Waals surface area contributed by atoms with Crippen LogP contribution in [0.3, 0.4) is 0 Å². The van der Waals surface area contributed by atoms with Crippen LogP contribution < -0.4 is 5.32 Å². The molecule has 0 aromatic carbocycles. The molecule has 16 heavy (non-hydrogen) atoms. The highest BCUT2D eigenvalue weighted by atomic mass is 16.4. The summed E-state index contributed by atoms with van der Waals surface area (Å²) in [6, 6.07) is 0. The zero-order chi connectivity index (χ0) is 11.8. The molecule has 1 saturated carbocycles. The summed E-state index contributed by atoms with van der Waals surface area (Å²) >= 11 is 0. The Morgan fingerprint density at radius 2 is 2.00 bits per heavy atom. The third-order valence-corrected chi connectivity index (χ3v) is 4.69. The molecule has 0 radical (unpaired) electrons. The van der Waals surface area contributed by atoms with Crippen LogP contribution in [0.5, 0.6) is 0 Å². The zero-order valence-corrected chi connectivity index (χ0v) is 10.4. The lowest BCUT2D eigenvalue weighted by Gasteiger charge is -2.32. The highest BCUT2D eigenvalue weighted by Crippen LogP contribution is 2.48. The van der Waals surface area contributed by atoms with Gasteiger partial charge in [0.2, 0.25) is 0 Å². The minimum absolute atomic E-state index is 0.0413. The molecule has 3 nitrogen and oxygen atoms in total. The molecule has 2 N–H and O–H groups in total. The van der Waals surface area contributed by atoms with E-state index in [4.69, 9.17) is 0 Å². The van der Waals surface area contributed by atoms with Gasteiger partial charge in [-0.3, -0.25) is 4.79 Å². The third kappa shape index (κ3) is 2.10. The van der Waals surface area contributed by atoms with Gasteiger partial charge in [-0.1, -0.05) is 20.3 Å². The molecule has 2 rings (SSSR count). The van der Waals surface area contributed by atoms with Crippen LogP contribution in [0, 0.1) is 16.7 Å². The van der Waals surface area contributed by atoms with Crippen molar-refractivity contribution in [2.45, 2.75) is 46.0 Å². The van der Waals surface area contributed by atoms with E-state index in [0.29, 0.717) is 12.0 Å². The van der Waals surface area contributed by atoms with Crippen LogP contribution in [0.15, 0.2) is 0 Å². The number of nitrogens with one attached hydrogen (secondary N) is 1. The van der Waals surface area contributed by atoms with Gasteiger partial charge in [-0.05, 0) is 36.5 Å². The lowest BCUT2D eigenvalue weighted by Crippen LogP contribution is -2.34. The van der Waals surface area contributed by atoms with Gasteiger partial charge in [0.05, 0.1) is 5.92 Å². The van der Waals surface area contributed by atoms with Crippen molar-refractivity contribution in [3.63, 3.8) is 0 Å². The first-order valence-corrected chi connectivity index (χ1v) is 6.39. The van der Waals surface area contributed by atoms with Crippen LogP contribution in [-0.4, -0.2) is 24.2 Å². The van der Waals surface area contributed by atoms with Crippen LogP contribution in [0.2, 0.25) is 0 Å². The van der Waals surface area contributed by atoms with Gasteiger partial charge in [0.25, 0.3) is 0 Å². The minimum Gasteiger partial charge on any atom is -0.481 e. The Bertz CT molecular complexity index is 288.